The molecule has 2 heteroatoms. The molecule has 26 heavy (non-hydrogen) atoms. The zero-order valence-electron chi connectivity index (χ0n) is 14.2. The van der Waals surface area contributed by atoms with Gasteiger partial charge >= 0.3 is 0 Å². The van der Waals surface area contributed by atoms with Gasteiger partial charge in [0.05, 0.1) is 12.0 Å². The highest BCUT2D eigenvalue weighted by molar-refractivity contribution is 6.07. The molecular formula is C24H18O2. The first-order valence-corrected chi connectivity index (χ1v) is 8.90. The van der Waals surface area contributed by atoms with Crippen molar-refractivity contribution < 1.29 is 9.53 Å². The summed E-state index contributed by atoms with van der Waals surface area (Å²) >= 11 is 0. The van der Waals surface area contributed by atoms with Gasteiger partial charge in [-0.25, -0.2) is 0 Å². The molecule has 2 nitrogen and oxygen atoms in total. The maximum atomic E-state index is 12.4. The lowest BCUT2D eigenvalue weighted by Gasteiger charge is -2.55. The van der Waals surface area contributed by atoms with E-state index < -0.39 is 5.60 Å². The van der Waals surface area contributed by atoms with Gasteiger partial charge in [0.2, 0.25) is 0 Å². The van der Waals surface area contributed by atoms with E-state index in [2.05, 4.69) is 36.4 Å². The number of carbonyl (C=O) groups excluding carboxylic acids is 1. The third kappa shape index (κ3) is 2.12. The summed E-state index contributed by atoms with van der Waals surface area (Å²) in [4.78, 5) is 12.4. The van der Waals surface area contributed by atoms with Crippen LogP contribution in [-0.2, 0) is 10.3 Å². The second-order valence-corrected chi connectivity index (χ2v) is 6.87. The van der Waals surface area contributed by atoms with E-state index in [1.807, 2.05) is 54.6 Å². The normalized spacial score (nSPS) is 26.4. The highest BCUT2D eigenvalue weighted by Gasteiger charge is 2.58. The molecule has 1 fully saturated rings. The fourth-order valence-electron chi connectivity index (χ4n) is 4.28. The summed E-state index contributed by atoms with van der Waals surface area (Å²) in [6, 6.07) is 28.6. The topological polar surface area (TPSA) is 26.3 Å². The van der Waals surface area contributed by atoms with E-state index in [9.17, 15) is 4.79 Å². The lowest BCUT2D eigenvalue weighted by Crippen LogP contribution is -2.51. The van der Waals surface area contributed by atoms with Crippen LogP contribution in [0.25, 0.3) is 0 Å². The van der Waals surface area contributed by atoms with Crippen LogP contribution in [0.5, 0.6) is 0 Å². The Kier molecular flexibility index (Phi) is 3.41. The van der Waals surface area contributed by atoms with E-state index in [0.717, 1.165) is 16.7 Å². The van der Waals surface area contributed by atoms with Gasteiger partial charge < -0.3 is 4.74 Å². The van der Waals surface area contributed by atoms with Crippen molar-refractivity contribution in [2.45, 2.75) is 17.6 Å². The van der Waals surface area contributed by atoms with E-state index in [0.29, 0.717) is 0 Å². The summed E-state index contributed by atoms with van der Waals surface area (Å²) < 4.78 is 6.56. The van der Waals surface area contributed by atoms with Gasteiger partial charge in [-0.15, -0.1) is 0 Å². The maximum Gasteiger partial charge on any atom is 0.186 e. The molecule has 3 atom stereocenters. The van der Waals surface area contributed by atoms with Gasteiger partial charge in [0.1, 0.15) is 5.60 Å². The number of fused-ring (bicyclic) bond motifs is 2. The Morgan fingerprint density at radius 1 is 0.731 bits per heavy atom. The van der Waals surface area contributed by atoms with Crippen molar-refractivity contribution in [2.75, 3.05) is 0 Å². The molecule has 0 bridgehead atoms. The fraction of sp³-hybridized carbons (Fsp3) is 0.125. The van der Waals surface area contributed by atoms with Crippen molar-refractivity contribution >= 4 is 5.78 Å². The number of benzene rings is 3. The first kappa shape index (κ1) is 15.3. The van der Waals surface area contributed by atoms with E-state index in [-0.39, 0.29) is 17.8 Å². The lowest BCUT2D eigenvalue weighted by atomic mass is 9.64. The third-order valence-corrected chi connectivity index (χ3v) is 5.47. The molecular weight excluding hydrogens is 320 g/mol. The van der Waals surface area contributed by atoms with E-state index in [4.69, 9.17) is 4.74 Å². The Labute approximate surface area is 152 Å². The van der Waals surface area contributed by atoms with Gasteiger partial charge in [-0.3, -0.25) is 4.79 Å². The Morgan fingerprint density at radius 2 is 1.35 bits per heavy atom. The number of allylic oxidation sites excluding steroid dienone is 1. The van der Waals surface area contributed by atoms with Gasteiger partial charge in [0.15, 0.2) is 5.78 Å². The van der Waals surface area contributed by atoms with Gasteiger partial charge in [-0.2, -0.15) is 0 Å². The van der Waals surface area contributed by atoms with Crippen LogP contribution in [0, 0.1) is 0 Å². The quantitative estimate of drug-likeness (QED) is 0.643. The third-order valence-electron chi connectivity index (χ3n) is 5.47. The van der Waals surface area contributed by atoms with E-state index in [1.165, 1.54) is 5.56 Å². The largest absolute Gasteiger partial charge is 0.357 e. The number of hydrogen-bond donors (Lipinski definition) is 0. The second kappa shape index (κ2) is 5.79. The molecule has 1 saturated heterocycles. The molecule has 1 heterocycles. The van der Waals surface area contributed by atoms with Gasteiger partial charge in [0, 0.05) is 5.56 Å². The number of hydrogen-bond acceptors (Lipinski definition) is 2. The summed E-state index contributed by atoms with van der Waals surface area (Å²) in [5.41, 5.74) is 3.50. The van der Waals surface area contributed by atoms with Crippen molar-refractivity contribution in [1.82, 2.24) is 0 Å². The van der Waals surface area contributed by atoms with Crippen LogP contribution in [0.1, 0.15) is 39.1 Å². The molecule has 0 amide bonds. The van der Waals surface area contributed by atoms with Crippen LogP contribution in [-0.4, -0.2) is 5.78 Å². The zero-order valence-corrected chi connectivity index (χ0v) is 14.2. The van der Waals surface area contributed by atoms with Crippen LogP contribution in [0.4, 0.5) is 0 Å². The number of ether oxygens (including phenoxy) is 1. The zero-order chi connectivity index (χ0) is 17.6. The smallest absolute Gasteiger partial charge is 0.186 e. The molecule has 0 radical (unpaired) electrons. The van der Waals surface area contributed by atoms with Crippen molar-refractivity contribution in [2.24, 2.45) is 0 Å². The molecule has 0 aromatic heterocycles. The van der Waals surface area contributed by atoms with E-state index >= 15 is 0 Å². The molecule has 0 saturated carbocycles. The Bertz CT molecular complexity index is 991. The summed E-state index contributed by atoms with van der Waals surface area (Å²) in [6.45, 7) is 0. The molecule has 126 valence electrons. The minimum absolute atomic E-state index is 0.0375. The molecule has 5 rings (SSSR count). The Balaban J connectivity index is 1.68. The average molecular weight is 338 g/mol. The molecule has 3 unspecified atom stereocenters. The predicted molar refractivity (Wildman–Crippen MR) is 101 cm³/mol. The van der Waals surface area contributed by atoms with Crippen molar-refractivity contribution in [1.29, 1.82) is 0 Å². The number of ketones is 1. The summed E-state index contributed by atoms with van der Waals surface area (Å²) in [6.07, 6.45) is 3.58. The second-order valence-electron chi connectivity index (χ2n) is 6.87. The first-order chi connectivity index (χ1) is 12.8. The van der Waals surface area contributed by atoms with Crippen LogP contribution in [0.3, 0.4) is 0 Å². The molecule has 2 aliphatic rings. The summed E-state index contributed by atoms with van der Waals surface area (Å²) in [7, 11) is 0. The Hall–Kier alpha value is -2.97. The Morgan fingerprint density at radius 3 is 2.08 bits per heavy atom. The number of rotatable bonds is 2. The summed E-state index contributed by atoms with van der Waals surface area (Å²) in [5.74, 6) is 0.168. The summed E-state index contributed by atoms with van der Waals surface area (Å²) in [5, 5.41) is 0. The minimum Gasteiger partial charge on any atom is -0.357 e. The van der Waals surface area contributed by atoms with Crippen molar-refractivity contribution in [3.8, 4) is 0 Å². The SMILES string of the molecule is O=C1C=CC2(OC(c3ccccc3)C2c2ccccc2)c2ccccc21. The molecule has 3 aromatic rings. The predicted octanol–water partition coefficient (Wildman–Crippen LogP) is 5.19. The lowest BCUT2D eigenvalue weighted by molar-refractivity contribution is -0.212. The van der Waals surface area contributed by atoms with Crippen LogP contribution in [0.15, 0.2) is 97.1 Å². The molecule has 1 aliphatic heterocycles. The van der Waals surface area contributed by atoms with Crippen molar-refractivity contribution in [3.05, 3.63) is 119 Å². The van der Waals surface area contributed by atoms with Crippen LogP contribution >= 0.6 is 0 Å². The van der Waals surface area contributed by atoms with Gasteiger partial charge in [-0.05, 0) is 28.8 Å². The van der Waals surface area contributed by atoms with Crippen LogP contribution < -0.4 is 0 Å². The average Bonchev–Trinajstić information content (AvgIpc) is 2.69. The van der Waals surface area contributed by atoms with Gasteiger partial charge in [0.25, 0.3) is 0 Å². The molecule has 0 N–H and O–H groups in total. The van der Waals surface area contributed by atoms with Crippen molar-refractivity contribution in [3.63, 3.8) is 0 Å². The standard InChI is InChI=1S/C24H18O2/c25-21-15-16-24(20-14-8-7-13-19(20)21)22(17-9-3-1-4-10-17)23(26-24)18-11-5-2-6-12-18/h1-16,22-23H. The minimum atomic E-state index is -0.591. The van der Waals surface area contributed by atoms with Gasteiger partial charge in [-0.1, -0.05) is 84.9 Å². The monoisotopic (exact) mass is 338 g/mol. The van der Waals surface area contributed by atoms with Crippen LogP contribution in [0.2, 0.25) is 0 Å². The first-order valence-electron chi connectivity index (χ1n) is 8.90. The highest BCUT2D eigenvalue weighted by atomic mass is 16.5. The molecule has 3 aromatic carbocycles. The maximum absolute atomic E-state index is 12.4. The molecule has 1 spiro atoms. The highest BCUT2D eigenvalue weighted by Crippen LogP contribution is 2.62. The van der Waals surface area contributed by atoms with E-state index in [1.54, 1.807) is 6.08 Å². The number of carbonyl (C=O) groups is 1. The molecule has 1 aliphatic carbocycles. The fourth-order valence-corrected chi connectivity index (χ4v) is 4.28.